The first-order valence-corrected chi connectivity index (χ1v) is 9.46. The van der Waals surface area contributed by atoms with E-state index in [1.54, 1.807) is 0 Å². The van der Waals surface area contributed by atoms with E-state index < -0.39 is 0 Å². The van der Waals surface area contributed by atoms with Crippen LogP contribution in [0.2, 0.25) is 0 Å². The van der Waals surface area contributed by atoms with Crippen LogP contribution in [0.5, 0.6) is 0 Å². The van der Waals surface area contributed by atoms with E-state index in [9.17, 15) is 0 Å². The Morgan fingerprint density at radius 2 is 1.92 bits per heavy atom. The summed E-state index contributed by atoms with van der Waals surface area (Å²) < 4.78 is 5.70. The fourth-order valence-electron chi connectivity index (χ4n) is 2.71. The lowest BCUT2D eigenvalue weighted by atomic mass is 10.2. The zero-order valence-electron chi connectivity index (χ0n) is 16.1. The molecule has 0 unspecified atom stereocenters. The molecule has 140 valence electrons. The molecule has 0 radical (unpaired) electrons. The summed E-state index contributed by atoms with van der Waals surface area (Å²) in [7, 11) is 6.06. The van der Waals surface area contributed by atoms with Crippen molar-refractivity contribution in [1.82, 2.24) is 10.2 Å². The van der Waals surface area contributed by atoms with Crippen LogP contribution in [0.15, 0.2) is 35.3 Å². The van der Waals surface area contributed by atoms with Crippen LogP contribution in [0.1, 0.15) is 25.7 Å². The Labute approximate surface area is 153 Å². The Morgan fingerprint density at radius 1 is 1.16 bits per heavy atom. The Hall–Kier alpha value is -1.75. The highest BCUT2D eigenvalue weighted by Crippen LogP contribution is 2.28. The number of unbranched alkanes of at least 4 members (excludes halogenated alkanes) is 1. The van der Waals surface area contributed by atoms with Crippen LogP contribution in [-0.2, 0) is 4.74 Å². The van der Waals surface area contributed by atoms with Gasteiger partial charge in [0.05, 0.1) is 6.61 Å². The van der Waals surface area contributed by atoms with Crippen LogP contribution >= 0.6 is 0 Å². The lowest BCUT2D eigenvalue weighted by Crippen LogP contribution is -2.41. The lowest BCUT2D eigenvalue weighted by Gasteiger charge is -2.22. The van der Waals surface area contributed by atoms with E-state index in [0.717, 1.165) is 57.6 Å². The van der Waals surface area contributed by atoms with E-state index in [1.807, 2.05) is 7.05 Å². The highest BCUT2D eigenvalue weighted by Gasteiger charge is 2.21. The summed E-state index contributed by atoms with van der Waals surface area (Å²) in [6, 6.07) is 10.5. The number of nitrogens with zero attached hydrogens (tertiary/aromatic N) is 3. The average molecular weight is 347 g/mol. The van der Waals surface area contributed by atoms with Gasteiger partial charge in [-0.15, -0.1) is 0 Å². The molecule has 2 rings (SSSR count). The van der Waals surface area contributed by atoms with Gasteiger partial charge in [-0.25, -0.2) is 0 Å². The second kappa shape index (κ2) is 11.0. The van der Waals surface area contributed by atoms with Gasteiger partial charge in [0.25, 0.3) is 0 Å². The maximum Gasteiger partial charge on any atom is 0.193 e. The highest BCUT2D eigenvalue weighted by molar-refractivity contribution is 5.79. The molecule has 25 heavy (non-hydrogen) atoms. The maximum absolute atomic E-state index is 5.70. The van der Waals surface area contributed by atoms with E-state index >= 15 is 0 Å². The summed E-state index contributed by atoms with van der Waals surface area (Å²) in [4.78, 5) is 8.81. The minimum atomic E-state index is 0.773. The molecule has 1 saturated carbocycles. The number of likely N-dealkylation sites (N-methyl/N-ethyl adjacent to an activating group) is 1. The molecule has 1 aliphatic rings. The topological polar surface area (TPSA) is 40.1 Å². The molecule has 0 bridgehead atoms. The molecule has 1 N–H and O–H groups in total. The van der Waals surface area contributed by atoms with Crippen LogP contribution in [0.3, 0.4) is 0 Å². The van der Waals surface area contributed by atoms with Gasteiger partial charge >= 0.3 is 0 Å². The Morgan fingerprint density at radius 3 is 2.60 bits per heavy atom. The number of anilines is 1. The molecule has 0 heterocycles. The molecule has 1 aliphatic carbocycles. The van der Waals surface area contributed by atoms with Crippen molar-refractivity contribution in [3.05, 3.63) is 30.3 Å². The summed E-state index contributed by atoms with van der Waals surface area (Å²) in [5.41, 5.74) is 1.28. The third kappa shape index (κ3) is 7.78. The number of ether oxygens (including phenoxy) is 1. The van der Waals surface area contributed by atoms with E-state index in [-0.39, 0.29) is 0 Å². The van der Waals surface area contributed by atoms with Crippen LogP contribution in [0.4, 0.5) is 5.69 Å². The zero-order valence-corrected chi connectivity index (χ0v) is 16.1. The third-order valence-electron chi connectivity index (χ3n) is 4.60. The molecule has 0 aromatic heterocycles. The number of rotatable bonds is 11. The monoisotopic (exact) mass is 346 g/mol. The minimum Gasteiger partial charge on any atom is -0.379 e. The summed E-state index contributed by atoms with van der Waals surface area (Å²) in [5, 5.41) is 3.45. The van der Waals surface area contributed by atoms with Gasteiger partial charge in [-0.2, -0.15) is 0 Å². The molecule has 1 aromatic rings. The summed E-state index contributed by atoms with van der Waals surface area (Å²) in [6.45, 7) is 4.59. The molecular formula is C20H34N4O. The van der Waals surface area contributed by atoms with Gasteiger partial charge < -0.3 is 19.9 Å². The predicted molar refractivity (Wildman–Crippen MR) is 106 cm³/mol. The van der Waals surface area contributed by atoms with Crippen molar-refractivity contribution in [2.75, 3.05) is 58.9 Å². The second-order valence-electron chi connectivity index (χ2n) is 6.88. The maximum atomic E-state index is 5.70. The number of guanidine groups is 1. The molecule has 1 fully saturated rings. The molecule has 0 aliphatic heterocycles. The number of nitrogens with one attached hydrogen (secondary N) is 1. The zero-order chi connectivity index (χ0) is 17.9. The van der Waals surface area contributed by atoms with Crippen molar-refractivity contribution >= 4 is 11.6 Å². The second-order valence-corrected chi connectivity index (χ2v) is 6.88. The largest absolute Gasteiger partial charge is 0.379 e. The van der Waals surface area contributed by atoms with Gasteiger partial charge in [0, 0.05) is 53.1 Å². The van der Waals surface area contributed by atoms with Crippen molar-refractivity contribution < 1.29 is 4.74 Å². The third-order valence-corrected chi connectivity index (χ3v) is 4.60. The summed E-state index contributed by atoms with van der Waals surface area (Å²) in [6.07, 6.45) is 4.98. The van der Waals surface area contributed by atoms with Crippen molar-refractivity contribution in [3.8, 4) is 0 Å². The fraction of sp³-hybridized carbons (Fsp3) is 0.650. The standard InChI is InChI=1S/C20H34N4O/c1-21-20(24(3)15-16-25-17-18-11-12-18)22-13-7-8-14-23(2)19-9-5-4-6-10-19/h4-6,9-10,18H,7-8,11-17H2,1-3H3,(H,21,22). The minimum absolute atomic E-state index is 0.773. The van der Waals surface area contributed by atoms with E-state index in [0.29, 0.717) is 0 Å². The normalized spacial score (nSPS) is 14.4. The van der Waals surface area contributed by atoms with Gasteiger partial charge in [-0.1, -0.05) is 18.2 Å². The Balaban J connectivity index is 1.53. The van der Waals surface area contributed by atoms with Gasteiger partial charge in [-0.3, -0.25) is 4.99 Å². The van der Waals surface area contributed by atoms with Gasteiger partial charge in [0.15, 0.2) is 5.96 Å². The number of para-hydroxylation sites is 1. The SMILES string of the molecule is CN=C(NCCCCN(C)c1ccccc1)N(C)CCOCC1CC1. The van der Waals surface area contributed by atoms with Crippen molar-refractivity contribution in [1.29, 1.82) is 0 Å². The van der Waals surface area contributed by atoms with E-state index in [1.165, 1.54) is 18.5 Å². The molecule has 0 spiro atoms. The van der Waals surface area contributed by atoms with Crippen LogP contribution < -0.4 is 10.2 Å². The molecule has 5 nitrogen and oxygen atoms in total. The first-order chi connectivity index (χ1) is 12.2. The van der Waals surface area contributed by atoms with E-state index in [2.05, 4.69) is 64.5 Å². The first-order valence-electron chi connectivity index (χ1n) is 9.46. The van der Waals surface area contributed by atoms with E-state index in [4.69, 9.17) is 4.74 Å². The van der Waals surface area contributed by atoms with Crippen LogP contribution in [0.25, 0.3) is 0 Å². The van der Waals surface area contributed by atoms with Crippen LogP contribution in [-0.4, -0.2) is 64.9 Å². The van der Waals surface area contributed by atoms with Crippen LogP contribution in [0, 0.1) is 5.92 Å². The quantitative estimate of drug-likeness (QED) is 0.380. The molecule has 0 atom stereocenters. The fourth-order valence-corrected chi connectivity index (χ4v) is 2.71. The Bertz CT molecular complexity index is 502. The molecule has 0 amide bonds. The van der Waals surface area contributed by atoms with Gasteiger partial charge in [-0.05, 0) is 43.7 Å². The molecule has 0 saturated heterocycles. The summed E-state index contributed by atoms with van der Waals surface area (Å²) >= 11 is 0. The number of hydrogen-bond donors (Lipinski definition) is 1. The Kier molecular flexibility index (Phi) is 8.60. The number of aliphatic imine (C=N–C) groups is 1. The van der Waals surface area contributed by atoms with Crippen molar-refractivity contribution in [2.24, 2.45) is 10.9 Å². The molecular weight excluding hydrogens is 312 g/mol. The van der Waals surface area contributed by atoms with Crippen molar-refractivity contribution in [3.63, 3.8) is 0 Å². The smallest absolute Gasteiger partial charge is 0.193 e. The first kappa shape index (κ1) is 19.6. The number of benzene rings is 1. The summed E-state index contributed by atoms with van der Waals surface area (Å²) in [5.74, 6) is 1.78. The predicted octanol–water partition coefficient (Wildman–Crippen LogP) is 2.84. The highest BCUT2D eigenvalue weighted by atomic mass is 16.5. The average Bonchev–Trinajstić information content (AvgIpc) is 3.46. The van der Waals surface area contributed by atoms with Gasteiger partial charge in [0.1, 0.15) is 0 Å². The number of hydrogen-bond acceptors (Lipinski definition) is 3. The van der Waals surface area contributed by atoms with Gasteiger partial charge in [0.2, 0.25) is 0 Å². The lowest BCUT2D eigenvalue weighted by molar-refractivity contribution is 0.115. The molecule has 1 aromatic carbocycles. The molecule has 5 heteroatoms. The van der Waals surface area contributed by atoms with Crippen molar-refractivity contribution in [2.45, 2.75) is 25.7 Å².